The highest BCUT2D eigenvalue weighted by Crippen LogP contribution is 2.27. The molecule has 2 rings (SSSR count). The van der Waals surface area contributed by atoms with E-state index < -0.39 is 0 Å². The van der Waals surface area contributed by atoms with Gasteiger partial charge < -0.3 is 9.64 Å². The lowest BCUT2D eigenvalue weighted by atomic mass is 10.2. The van der Waals surface area contributed by atoms with Crippen LogP contribution in [0.5, 0.6) is 0 Å². The summed E-state index contributed by atoms with van der Waals surface area (Å²) in [5.74, 6) is 0.217. The van der Waals surface area contributed by atoms with Crippen molar-refractivity contribution in [2.75, 3.05) is 24.7 Å². The van der Waals surface area contributed by atoms with Gasteiger partial charge >= 0.3 is 0 Å². The second-order valence-corrected chi connectivity index (χ2v) is 4.22. The van der Waals surface area contributed by atoms with Crippen molar-refractivity contribution in [3.63, 3.8) is 0 Å². The molecular weight excluding hydrogens is 214 g/mol. The Hall–Kier alpha value is -1.35. The maximum atomic E-state index is 12.0. The lowest BCUT2D eigenvalue weighted by Gasteiger charge is -2.17. The first-order valence-corrected chi connectivity index (χ1v) is 6.29. The number of rotatable bonds is 5. The van der Waals surface area contributed by atoms with Crippen LogP contribution in [0.3, 0.4) is 0 Å². The molecule has 0 fully saturated rings. The van der Waals surface area contributed by atoms with Crippen molar-refractivity contribution in [2.45, 2.75) is 26.2 Å². The fraction of sp³-hybridized carbons (Fsp3) is 0.500. The molecule has 0 aliphatic carbocycles. The Morgan fingerprint density at radius 3 is 3.06 bits per heavy atom. The second kappa shape index (κ2) is 5.82. The van der Waals surface area contributed by atoms with Gasteiger partial charge in [0.25, 0.3) is 0 Å². The summed E-state index contributed by atoms with van der Waals surface area (Å²) < 4.78 is 5.25. The van der Waals surface area contributed by atoms with Crippen LogP contribution < -0.4 is 4.90 Å². The number of amides is 1. The zero-order chi connectivity index (χ0) is 12.1. The van der Waals surface area contributed by atoms with Crippen LogP contribution in [0.25, 0.3) is 0 Å². The number of nitrogens with zero attached hydrogens (tertiary/aromatic N) is 1. The number of carbonyl (C=O) groups excluding carboxylic acids is 1. The fourth-order valence-corrected chi connectivity index (χ4v) is 2.20. The Morgan fingerprint density at radius 1 is 1.41 bits per heavy atom. The predicted octanol–water partition coefficient (Wildman–Crippen LogP) is 2.39. The molecule has 0 unspecified atom stereocenters. The van der Waals surface area contributed by atoms with E-state index in [1.54, 1.807) is 0 Å². The van der Waals surface area contributed by atoms with Gasteiger partial charge in [0.2, 0.25) is 5.91 Å². The number of benzene rings is 1. The maximum Gasteiger partial charge on any atom is 0.227 e. The van der Waals surface area contributed by atoms with Crippen LogP contribution in [-0.4, -0.2) is 25.7 Å². The van der Waals surface area contributed by atoms with Gasteiger partial charge in [-0.3, -0.25) is 4.79 Å². The smallest absolute Gasteiger partial charge is 0.227 e. The van der Waals surface area contributed by atoms with Gasteiger partial charge in [-0.2, -0.15) is 0 Å². The second-order valence-electron chi connectivity index (χ2n) is 4.22. The van der Waals surface area contributed by atoms with E-state index >= 15 is 0 Å². The van der Waals surface area contributed by atoms with Gasteiger partial charge in [0, 0.05) is 31.9 Å². The Balaban J connectivity index is 1.89. The minimum absolute atomic E-state index is 0.217. The van der Waals surface area contributed by atoms with Gasteiger partial charge in [0.1, 0.15) is 0 Å². The number of carbonyl (C=O) groups is 1. The van der Waals surface area contributed by atoms with Crippen molar-refractivity contribution in [1.82, 2.24) is 0 Å². The lowest BCUT2D eigenvalue weighted by molar-refractivity contribution is -0.118. The van der Waals surface area contributed by atoms with E-state index in [0.717, 1.165) is 31.7 Å². The minimum atomic E-state index is 0.217. The van der Waals surface area contributed by atoms with E-state index in [9.17, 15) is 4.79 Å². The number of para-hydroxylation sites is 1. The average Bonchev–Trinajstić information content (AvgIpc) is 2.78. The summed E-state index contributed by atoms with van der Waals surface area (Å²) in [6.45, 7) is 4.20. The van der Waals surface area contributed by atoms with Gasteiger partial charge in [-0.05, 0) is 31.4 Å². The molecule has 3 heteroatoms. The number of anilines is 1. The molecular formula is C14H19NO2. The van der Waals surface area contributed by atoms with Gasteiger partial charge in [-0.1, -0.05) is 18.2 Å². The predicted molar refractivity (Wildman–Crippen MR) is 68.2 cm³/mol. The first-order valence-electron chi connectivity index (χ1n) is 6.29. The summed E-state index contributed by atoms with van der Waals surface area (Å²) >= 11 is 0. The van der Waals surface area contributed by atoms with Gasteiger partial charge in [0.15, 0.2) is 0 Å². The quantitative estimate of drug-likeness (QED) is 0.731. The molecule has 0 saturated heterocycles. The van der Waals surface area contributed by atoms with Crippen LogP contribution in [0.15, 0.2) is 24.3 Å². The molecule has 0 bridgehead atoms. The van der Waals surface area contributed by atoms with Crippen molar-refractivity contribution in [3.05, 3.63) is 29.8 Å². The molecule has 0 N–H and O–H groups in total. The Morgan fingerprint density at radius 2 is 2.24 bits per heavy atom. The van der Waals surface area contributed by atoms with Crippen LogP contribution in [0, 0.1) is 0 Å². The molecule has 1 aromatic carbocycles. The molecule has 0 aromatic heterocycles. The highest BCUT2D eigenvalue weighted by molar-refractivity contribution is 5.95. The third-order valence-corrected chi connectivity index (χ3v) is 3.07. The Labute approximate surface area is 102 Å². The minimum Gasteiger partial charge on any atom is -0.382 e. The van der Waals surface area contributed by atoms with Crippen LogP contribution >= 0.6 is 0 Å². The third kappa shape index (κ3) is 2.86. The molecule has 3 nitrogen and oxygen atoms in total. The van der Waals surface area contributed by atoms with Gasteiger partial charge in [-0.25, -0.2) is 0 Å². The summed E-state index contributed by atoms with van der Waals surface area (Å²) in [7, 11) is 0. The van der Waals surface area contributed by atoms with E-state index in [0.29, 0.717) is 13.0 Å². The number of hydrogen-bond acceptors (Lipinski definition) is 2. The van der Waals surface area contributed by atoms with Crippen molar-refractivity contribution >= 4 is 11.6 Å². The third-order valence-electron chi connectivity index (χ3n) is 3.07. The van der Waals surface area contributed by atoms with Crippen molar-refractivity contribution in [2.24, 2.45) is 0 Å². The standard InChI is InChI=1S/C14H19NO2/c1-2-17-11-5-8-14(16)15-10-9-12-6-3-4-7-13(12)15/h3-4,6-7H,2,5,8-11H2,1H3. The molecule has 0 saturated carbocycles. The van der Waals surface area contributed by atoms with Crippen molar-refractivity contribution < 1.29 is 9.53 Å². The molecule has 1 heterocycles. The zero-order valence-corrected chi connectivity index (χ0v) is 10.3. The SMILES string of the molecule is CCOCCCC(=O)N1CCc2ccccc21. The molecule has 92 valence electrons. The summed E-state index contributed by atoms with van der Waals surface area (Å²) in [6.07, 6.45) is 2.37. The van der Waals surface area contributed by atoms with E-state index in [2.05, 4.69) is 6.07 Å². The largest absolute Gasteiger partial charge is 0.382 e. The fourth-order valence-electron chi connectivity index (χ4n) is 2.20. The van der Waals surface area contributed by atoms with Crippen LogP contribution in [0.1, 0.15) is 25.3 Å². The van der Waals surface area contributed by atoms with Crippen LogP contribution in [0.2, 0.25) is 0 Å². The number of ether oxygens (including phenoxy) is 1. The highest BCUT2D eigenvalue weighted by Gasteiger charge is 2.23. The topological polar surface area (TPSA) is 29.5 Å². The lowest BCUT2D eigenvalue weighted by Crippen LogP contribution is -2.28. The zero-order valence-electron chi connectivity index (χ0n) is 10.3. The average molecular weight is 233 g/mol. The van der Waals surface area contributed by atoms with Gasteiger partial charge in [0.05, 0.1) is 0 Å². The van der Waals surface area contributed by atoms with Crippen molar-refractivity contribution in [3.8, 4) is 0 Å². The number of hydrogen-bond donors (Lipinski definition) is 0. The Kier molecular flexibility index (Phi) is 4.15. The van der Waals surface area contributed by atoms with E-state index in [1.807, 2.05) is 30.0 Å². The molecule has 0 spiro atoms. The molecule has 0 atom stereocenters. The van der Waals surface area contributed by atoms with E-state index in [4.69, 9.17) is 4.74 Å². The first-order chi connectivity index (χ1) is 8.33. The summed E-state index contributed by atoms with van der Waals surface area (Å²) in [6, 6.07) is 8.15. The van der Waals surface area contributed by atoms with Crippen LogP contribution in [0.4, 0.5) is 5.69 Å². The summed E-state index contributed by atoms with van der Waals surface area (Å²) in [5.41, 5.74) is 2.37. The van der Waals surface area contributed by atoms with E-state index in [1.165, 1.54) is 5.56 Å². The monoisotopic (exact) mass is 233 g/mol. The Bertz CT molecular complexity index is 390. The van der Waals surface area contributed by atoms with Crippen molar-refractivity contribution in [1.29, 1.82) is 0 Å². The van der Waals surface area contributed by atoms with Gasteiger partial charge in [-0.15, -0.1) is 0 Å². The highest BCUT2D eigenvalue weighted by atomic mass is 16.5. The molecule has 17 heavy (non-hydrogen) atoms. The molecule has 0 radical (unpaired) electrons. The van der Waals surface area contributed by atoms with Crippen LogP contribution in [-0.2, 0) is 16.0 Å². The maximum absolute atomic E-state index is 12.0. The summed E-state index contributed by atoms with van der Waals surface area (Å²) in [4.78, 5) is 13.9. The number of fused-ring (bicyclic) bond motifs is 1. The normalized spacial score (nSPS) is 13.8. The molecule has 1 aromatic rings. The van der Waals surface area contributed by atoms with E-state index in [-0.39, 0.29) is 5.91 Å². The molecule has 1 aliphatic heterocycles. The first kappa shape index (κ1) is 12.1. The molecule has 1 amide bonds. The summed E-state index contributed by atoms with van der Waals surface area (Å²) in [5, 5.41) is 0. The molecule has 1 aliphatic rings.